The van der Waals surface area contributed by atoms with Crippen LogP contribution in [0.4, 0.5) is 11.5 Å². The van der Waals surface area contributed by atoms with E-state index in [9.17, 15) is 10.1 Å². The van der Waals surface area contributed by atoms with Crippen molar-refractivity contribution in [2.24, 2.45) is 0 Å². The van der Waals surface area contributed by atoms with Crippen LogP contribution in [0.1, 0.15) is 11.1 Å². The lowest BCUT2D eigenvalue weighted by atomic mass is 10.2. The van der Waals surface area contributed by atoms with Crippen LogP contribution in [0.25, 0.3) is 0 Å². The quantitative estimate of drug-likeness (QED) is 0.681. The van der Waals surface area contributed by atoms with Crippen molar-refractivity contribution in [2.45, 2.75) is 13.8 Å². The highest BCUT2D eigenvalue weighted by molar-refractivity contribution is 5.55. The molecule has 0 radical (unpaired) electrons. The summed E-state index contributed by atoms with van der Waals surface area (Å²) in [5, 5.41) is 14.0. The summed E-state index contributed by atoms with van der Waals surface area (Å²) in [6, 6.07) is 4.77. The molecule has 0 aliphatic heterocycles. The van der Waals surface area contributed by atoms with Gasteiger partial charge in [-0.25, -0.2) is 9.97 Å². The zero-order valence-corrected chi connectivity index (χ0v) is 11.4. The first-order chi connectivity index (χ1) is 9.54. The predicted molar refractivity (Wildman–Crippen MR) is 74.2 cm³/mol. The summed E-state index contributed by atoms with van der Waals surface area (Å²) in [5.74, 6) is 1.11. The van der Waals surface area contributed by atoms with Gasteiger partial charge in [-0.05, 0) is 19.4 Å². The van der Waals surface area contributed by atoms with Gasteiger partial charge in [-0.2, -0.15) is 0 Å². The maximum atomic E-state index is 11.1. The number of nitro groups is 1. The Hall–Kier alpha value is -2.70. The molecule has 1 aromatic heterocycles. The number of hydrogen-bond donors (Lipinski definition) is 1. The average Bonchev–Trinajstić information content (AvgIpc) is 2.42. The summed E-state index contributed by atoms with van der Waals surface area (Å²) in [7, 11) is 1.73. The smallest absolute Gasteiger partial charge is 0.311 e. The van der Waals surface area contributed by atoms with E-state index in [0.717, 1.165) is 0 Å². The Labute approximate surface area is 115 Å². The number of anilines is 1. The van der Waals surface area contributed by atoms with Gasteiger partial charge in [0.2, 0.25) is 11.6 Å². The van der Waals surface area contributed by atoms with Crippen LogP contribution in [0.2, 0.25) is 0 Å². The molecule has 0 fully saturated rings. The van der Waals surface area contributed by atoms with E-state index in [1.807, 2.05) is 0 Å². The average molecular weight is 274 g/mol. The van der Waals surface area contributed by atoms with Crippen molar-refractivity contribution in [3.63, 3.8) is 0 Å². The highest BCUT2D eigenvalue weighted by atomic mass is 16.6. The van der Waals surface area contributed by atoms with E-state index >= 15 is 0 Å². The molecule has 0 spiro atoms. The van der Waals surface area contributed by atoms with Crippen LogP contribution in [0.5, 0.6) is 11.6 Å². The Morgan fingerprint density at radius 1 is 1.30 bits per heavy atom. The minimum atomic E-state index is -0.474. The second-order valence-corrected chi connectivity index (χ2v) is 4.18. The van der Waals surface area contributed by atoms with Gasteiger partial charge >= 0.3 is 5.69 Å². The number of hydrogen-bond acceptors (Lipinski definition) is 6. The predicted octanol–water partition coefficient (Wildman–Crippen LogP) is 2.84. The lowest BCUT2D eigenvalue weighted by molar-refractivity contribution is -0.385. The van der Waals surface area contributed by atoms with E-state index < -0.39 is 4.92 Å². The van der Waals surface area contributed by atoms with Crippen molar-refractivity contribution in [3.8, 4) is 11.6 Å². The lowest BCUT2D eigenvalue weighted by Crippen LogP contribution is -2.02. The maximum Gasteiger partial charge on any atom is 0.311 e. The number of rotatable bonds is 4. The van der Waals surface area contributed by atoms with Gasteiger partial charge in [0.15, 0.2) is 0 Å². The molecule has 1 heterocycles. The zero-order valence-electron chi connectivity index (χ0n) is 11.4. The molecule has 2 rings (SSSR count). The van der Waals surface area contributed by atoms with E-state index in [1.165, 1.54) is 12.4 Å². The molecule has 2 aromatic rings. The Morgan fingerprint density at radius 3 is 2.70 bits per heavy atom. The fraction of sp³-hybridized carbons (Fsp3) is 0.231. The van der Waals surface area contributed by atoms with Crippen LogP contribution in [0, 0.1) is 24.0 Å². The van der Waals surface area contributed by atoms with Crippen molar-refractivity contribution in [1.29, 1.82) is 0 Å². The van der Waals surface area contributed by atoms with E-state index in [1.54, 1.807) is 33.0 Å². The molecule has 0 amide bonds. The molecular formula is C13H14N4O3. The molecule has 104 valence electrons. The Bertz CT molecular complexity index is 658. The topological polar surface area (TPSA) is 90.2 Å². The Morgan fingerprint density at radius 2 is 2.05 bits per heavy atom. The molecule has 1 N–H and O–H groups in total. The van der Waals surface area contributed by atoms with Crippen molar-refractivity contribution in [2.75, 3.05) is 12.4 Å². The van der Waals surface area contributed by atoms with Crippen molar-refractivity contribution in [3.05, 3.63) is 45.8 Å². The van der Waals surface area contributed by atoms with Crippen molar-refractivity contribution < 1.29 is 9.66 Å². The Balaban J connectivity index is 2.48. The fourth-order valence-corrected chi connectivity index (χ4v) is 1.80. The number of nitrogens with zero attached hydrogens (tertiary/aromatic N) is 3. The number of aryl methyl sites for hydroxylation is 1. The summed E-state index contributed by atoms with van der Waals surface area (Å²) in [4.78, 5) is 18.6. The van der Waals surface area contributed by atoms with Gasteiger partial charge in [-0.1, -0.05) is 12.1 Å². The molecule has 1 aromatic carbocycles. The monoisotopic (exact) mass is 274 g/mol. The molecular weight excluding hydrogens is 260 g/mol. The molecule has 0 unspecified atom stereocenters. The fourth-order valence-electron chi connectivity index (χ4n) is 1.80. The first-order valence-electron chi connectivity index (χ1n) is 5.95. The van der Waals surface area contributed by atoms with Gasteiger partial charge in [0.1, 0.15) is 12.1 Å². The van der Waals surface area contributed by atoms with E-state index in [2.05, 4.69) is 15.3 Å². The summed E-state index contributed by atoms with van der Waals surface area (Å²) >= 11 is 0. The Kier molecular flexibility index (Phi) is 3.79. The van der Waals surface area contributed by atoms with Gasteiger partial charge in [-0.15, -0.1) is 0 Å². The molecule has 0 aliphatic rings. The van der Waals surface area contributed by atoms with Crippen LogP contribution in [-0.2, 0) is 0 Å². The minimum absolute atomic E-state index is 0.0889. The molecule has 0 aliphatic carbocycles. The van der Waals surface area contributed by atoms with E-state index in [-0.39, 0.29) is 11.4 Å². The largest absolute Gasteiger partial charge is 0.431 e. The third kappa shape index (κ3) is 2.51. The first-order valence-corrected chi connectivity index (χ1v) is 5.95. The first kappa shape index (κ1) is 13.7. The standard InChI is InChI=1S/C13H14N4O3/c1-8-5-4-6-10(17(18)19)11(8)20-13-9(2)12(14-3)15-7-16-13/h4-7H,1-3H3,(H,14,15,16). The molecule has 0 bridgehead atoms. The molecule has 0 saturated carbocycles. The SMILES string of the molecule is CNc1ncnc(Oc2c(C)cccc2[N+](=O)[O-])c1C. The number of aromatic nitrogens is 2. The summed E-state index contributed by atoms with van der Waals surface area (Å²) in [6.45, 7) is 3.53. The number of nitro benzene ring substituents is 1. The second-order valence-electron chi connectivity index (χ2n) is 4.18. The van der Waals surface area contributed by atoms with Crippen molar-refractivity contribution >= 4 is 11.5 Å². The molecule has 7 nitrogen and oxygen atoms in total. The number of para-hydroxylation sites is 1. The van der Waals surface area contributed by atoms with Gasteiger partial charge in [0, 0.05) is 13.1 Å². The normalized spacial score (nSPS) is 10.2. The molecule has 0 atom stereocenters. The second kappa shape index (κ2) is 5.52. The van der Waals surface area contributed by atoms with Gasteiger partial charge in [0.05, 0.1) is 10.5 Å². The van der Waals surface area contributed by atoms with Gasteiger partial charge in [-0.3, -0.25) is 10.1 Å². The number of nitrogens with one attached hydrogen (secondary N) is 1. The molecule has 0 saturated heterocycles. The highest BCUT2D eigenvalue weighted by Crippen LogP contribution is 2.35. The van der Waals surface area contributed by atoms with Crippen LogP contribution in [0.15, 0.2) is 24.5 Å². The van der Waals surface area contributed by atoms with Gasteiger partial charge < -0.3 is 10.1 Å². The number of ether oxygens (including phenoxy) is 1. The summed E-state index contributed by atoms with van der Waals surface area (Å²) in [6.07, 6.45) is 1.35. The van der Waals surface area contributed by atoms with E-state index in [4.69, 9.17) is 4.74 Å². The molecule has 20 heavy (non-hydrogen) atoms. The zero-order chi connectivity index (χ0) is 14.7. The third-order valence-electron chi connectivity index (χ3n) is 2.86. The van der Waals surface area contributed by atoms with Crippen LogP contribution in [-0.4, -0.2) is 21.9 Å². The van der Waals surface area contributed by atoms with Crippen molar-refractivity contribution in [1.82, 2.24) is 9.97 Å². The molecule has 7 heteroatoms. The number of benzene rings is 1. The van der Waals surface area contributed by atoms with Gasteiger partial charge in [0.25, 0.3) is 0 Å². The van der Waals surface area contributed by atoms with Crippen LogP contribution >= 0.6 is 0 Å². The summed E-state index contributed by atoms with van der Waals surface area (Å²) < 4.78 is 5.64. The third-order valence-corrected chi connectivity index (χ3v) is 2.86. The summed E-state index contributed by atoms with van der Waals surface area (Å²) in [5.41, 5.74) is 1.27. The highest BCUT2D eigenvalue weighted by Gasteiger charge is 2.19. The lowest BCUT2D eigenvalue weighted by Gasteiger charge is -2.11. The maximum absolute atomic E-state index is 11.1. The van der Waals surface area contributed by atoms with Crippen LogP contribution in [0.3, 0.4) is 0 Å². The van der Waals surface area contributed by atoms with E-state index in [0.29, 0.717) is 22.8 Å². The van der Waals surface area contributed by atoms with Crippen LogP contribution < -0.4 is 10.1 Å². The minimum Gasteiger partial charge on any atom is -0.431 e.